The highest BCUT2D eigenvalue weighted by molar-refractivity contribution is 5.46. The van der Waals surface area contributed by atoms with Gasteiger partial charge in [-0.2, -0.15) is 0 Å². The second-order valence-corrected chi connectivity index (χ2v) is 4.03. The van der Waals surface area contributed by atoms with Crippen LogP contribution in [0.15, 0.2) is 48.9 Å². The van der Waals surface area contributed by atoms with E-state index in [0.717, 1.165) is 6.07 Å². The molecule has 0 aliphatic heterocycles. The molecule has 7 heteroatoms. The molecule has 0 saturated carbocycles. The minimum Gasteiger partial charge on any atom is -0.454 e. The fourth-order valence-electron chi connectivity index (χ4n) is 1.77. The van der Waals surface area contributed by atoms with Gasteiger partial charge in [-0.25, -0.2) is 9.37 Å². The minimum atomic E-state index is -0.789. The Hall–Kier alpha value is -2.96. The number of pyridine rings is 1. The molecule has 0 aliphatic carbocycles. The molecule has 2 heterocycles. The van der Waals surface area contributed by atoms with Crippen LogP contribution >= 0.6 is 0 Å². The maximum absolute atomic E-state index is 13.7. The van der Waals surface area contributed by atoms with Crippen LogP contribution in [0, 0.1) is 15.9 Å². The fraction of sp³-hybridized carbons (Fsp3) is 0. The Balaban J connectivity index is 1.92. The Morgan fingerprint density at radius 3 is 2.85 bits per heavy atom. The van der Waals surface area contributed by atoms with E-state index in [1.807, 2.05) is 0 Å². The Morgan fingerprint density at radius 1 is 1.25 bits per heavy atom. The number of imidazole rings is 1. The Labute approximate surface area is 112 Å². The third-order valence-electron chi connectivity index (χ3n) is 2.72. The number of nitro groups is 1. The predicted octanol–water partition coefficient (Wildman–Crippen LogP) is 3.17. The van der Waals surface area contributed by atoms with E-state index < -0.39 is 10.7 Å². The molecule has 0 spiro atoms. The quantitative estimate of drug-likeness (QED) is 0.543. The third-order valence-corrected chi connectivity index (χ3v) is 2.72. The summed E-state index contributed by atoms with van der Waals surface area (Å²) in [5.41, 5.74) is 0.336. The van der Waals surface area contributed by atoms with Crippen LogP contribution in [0.5, 0.6) is 11.5 Å². The smallest absolute Gasteiger partial charge is 0.272 e. The first-order valence-corrected chi connectivity index (χ1v) is 5.68. The SMILES string of the molecule is O=[N+]([O-])c1ccc(Oc2ccn3ccnc3c2)c(F)c1. The van der Waals surface area contributed by atoms with Crippen LogP contribution in [0.2, 0.25) is 0 Å². The van der Waals surface area contributed by atoms with Crippen LogP contribution in [-0.4, -0.2) is 14.3 Å². The number of nitrogens with zero attached hydrogens (tertiary/aromatic N) is 3. The van der Waals surface area contributed by atoms with E-state index in [4.69, 9.17) is 4.74 Å². The molecule has 0 aliphatic rings. The highest BCUT2D eigenvalue weighted by Crippen LogP contribution is 2.27. The summed E-state index contributed by atoms with van der Waals surface area (Å²) < 4.78 is 20.8. The van der Waals surface area contributed by atoms with E-state index in [1.165, 1.54) is 12.1 Å². The van der Waals surface area contributed by atoms with Crippen molar-refractivity contribution in [1.29, 1.82) is 0 Å². The van der Waals surface area contributed by atoms with Gasteiger partial charge in [0.2, 0.25) is 0 Å². The number of rotatable bonds is 3. The van der Waals surface area contributed by atoms with E-state index in [-0.39, 0.29) is 11.4 Å². The maximum Gasteiger partial charge on any atom is 0.272 e. The van der Waals surface area contributed by atoms with Gasteiger partial charge in [0.25, 0.3) is 5.69 Å². The predicted molar refractivity (Wildman–Crippen MR) is 68.3 cm³/mol. The van der Waals surface area contributed by atoms with Crippen molar-refractivity contribution in [3.8, 4) is 11.5 Å². The second-order valence-electron chi connectivity index (χ2n) is 4.03. The first-order valence-electron chi connectivity index (χ1n) is 5.68. The Bertz CT molecular complexity index is 800. The molecule has 20 heavy (non-hydrogen) atoms. The van der Waals surface area contributed by atoms with E-state index in [0.29, 0.717) is 11.4 Å². The highest BCUT2D eigenvalue weighted by Gasteiger charge is 2.12. The summed E-state index contributed by atoms with van der Waals surface area (Å²) in [6.07, 6.45) is 5.12. The normalized spacial score (nSPS) is 10.7. The van der Waals surface area contributed by atoms with Gasteiger partial charge in [0.15, 0.2) is 11.6 Å². The van der Waals surface area contributed by atoms with Gasteiger partial charge in [-0.15, -0.1) is 0 Å². The summed E-state index contributed by atoms with van der Waals surface area (Å²) in [6.45, 7) is 0. The molecule has 0 bridgehead atoms. The number of ether oxygens (including phenoxy) is 1. The standard InChI is InChI=1S/C13H8FN3O3/c14-11-7-9(17(18)19)1-2-12(11)20-10-3-5-16-6-4-15-13(16)8-10/h1-8H. The summed E-state index contributed by atoms with van der Waals surface area (Å²) in [5.74, 6) is -0.467. The summed E-state index contributed by atoms with van der Waals surface area (Å²) in [4.78, 5) is 13.9. The molecule has 0 atom stereocenters. The maximum atomic E-state index is 13.7. The molecule has 3 rings (SSSR count). The van der Waals surface area contributed by atoms with Crippen LogP contribution in [0.1, 0.15) is 0 Å². The first kappa shape index (κ1) is 12.1. The number of halogens is 1. The number of hydrogen-bond acceptors (Lipinski definition) is 4. The molecule has 2 aromatic heterocycles. The zero-order valence-corrected chi connectivity index (χ0v) is 10.1. The number of benzene rings is 1. The number of fused-ring (bicyclic) bond motifs is 1. The van der Waals surface area contributed by atoms with Crippen LogP contribution in [0.25, 0.3) is 5.65 Å². The van der Waals surface area contributed by atoms with Gasteiger partial charge in [-0.05, 0) is 12.1 Å². The van der Waals surface area contributed by atoms with E-state index in [1.54, 1.807) is 35.1 Å². The van der Waals surface area contributed by atoms with E-state index >= 15 is 0 Å². The Morgan fingerprint density at radius 2 is 2.10 bits per heavy atom. The zero-order valence-electron chi connectivity index (χ0n) is 10.1. The molecule has 1 aromatic carbocycles. The molecule has 0 saturated heterocycles. The highest BCUT2D eigenvalue weighted by atomic mass is 19.1. The number of nitro benzene ring substituents is 1. The van der Waals surface area contributed by atoms with Gasteiger partial charge in [0.1, 0.15) is 11.4 Å². The van der Waals surface area contributed by atoms with Crippen molar-refractivity contribution in [3.63, 3.8) is 0 Å². The topological polar surface area (TPSA) is 69.7 Å². The van der Waals surface area contributed by atoms with E-state index in [2.05, 4.69) is 4.98 Å². The van der Waals surface area contributed by atoms with Crippen molar-refractivity contribution in [2.45, 2.75) is 0 Å². The monoisotopic (exact) mass is 273 g/mol. The van der Waals surface area contributed by atoms with Crippen LogP contribution in [0.4, 0.5) is 10.1 Å². The largest absolute Gasteiger partial charge is 0.454 e. The zero-order chi connectivity index (χ0) is 14.1. The lowest BCUT2D eigenvalue weighted by Gasteiger charge is -2.06. The van der Waals surface area contributed by atoms with Crippen molar-refractivity contribution in [2.24, 2.45) is 0 Å². The number of non-ortho nitro benzene ring substituents is 1. The van der Waals surface area contributed by atoms with Crippen molar-refractivity contribution >= 4 is 11.3 Å². The molecule has 0 unspecified atom stereocenters. The number of aromatic nitrogens is 2. The average Bonchev–Trinajstić information content (AvgIpc) is 2.88. The lowest BCUT2D eigenvalue weighted by Crippen LogP contribution is -1.93. The van der Waals surface area contributed by atoms with Crippen LogP contribution in [0.3, 0.4) is 0 Å². The lowest BCUT2D eigenvalue weighted by atomic mass is 10.3. The molecule has 100 valence electrons. The molecule has 0 amide bonds. The summed E-state index contributed by atoms with van der Waals surface area (Å²) >= 11 is 0. The first-order chi connectivity index (χ1) is 9.63. The van der Waals surface area contributed by atoms with Gasteiger partial charge in [-0.1, -0.05) is 0 Å². The Kier molecular flexibility index (Phi) is 2.79. The summed E-state index contributed by atoms with van der Waals surface area (Å²) in [5, 5.41) is 10.5. The molecule has 0 radical (unpaired) electrons. The second kappa shape index (κ2) is 4.61. The molecule has 0 fully saturated rings. The van der Waals surface area contributed by atoms with Gasteiger partial charge in [0, 0.05) is 30.7 Å². The molecular weight excluding hydrogens is 265 g/mol. The van der Waals surface area contributed by atoms with Gasteiger partial charge >= 0.3 is 0 Å². The van der Waals surface area contributed by atoms with Crippen LogP contribution < -0.4 is 4.74 Å². The van der Waals surface area contributed by atoms with E-state index in [9.17, 15) is 14.5 Å². The van der Waals surface area contributed by atoms with Crippen LogP contribution in [-0.2, 0) is 0 Å². The average molecular weight is 273 g/mol. The summed E-state index contributed by atoms with van der Waals surface area (Å²) in [6, 6.07) is 6.52. The minimum absolute atomic E-state index is 0.0773. The number of hydrogen-bond donors (Lipinski definition) is 0. The van der Waals surface area contributed by atoms with Crippen molar-refractivity contribution in [3.05, 3.63) is 64.9 Å². The van der Waals surface area contributed by atoms with Crippen molar-refractivity contribution in [2.75, 3.05) is 0 Å². The molecule has 3 aromatic rings. The third kappa shape index (κ3) is 2.16. The molecule has 6 nitrogen and oxygen atoms in total. The summed E-state index contributed by atoms with van der Waals surface area (Å²) in [7, 11) is 0. The van der Waals surface area contributed by atoms with Gasteiger partial charge < -0.3 is 9.14 Å². The molecular formula is C13H8FN3O3. The van der Waals surface area contributed by atoms with Gasteiger partial charge in [-0.3, -0.25) is 10.1 Å². The molecule has 0 N–H and O–H groups in total. The van der Waals surface area contributed by atoms with Crippen molar-refractivity contribution in [1.82, 2.24) is 9.38 Å². The lowest BCUT2D eigenvalue weighted by molar-refractivity contribution is -0.385. The fourth-order valence-corrected chi connectivity index (χ4v) is 1.77. The van der Waals surface area contributed by atoms with Crippen molar-refractivity contribution < 1.29 is 14.1 Å². The van der Waals surface area contributed by atoms with Gasteiger partial charge in [0.05, 0.1) is 11.0 Å².